The van der Waals surface area contributed by atoms with Gasteiger partial charge in [-0.25, -0.2) is 8.78 Å². The van der Waals surface area contributed by atoms with Crippen LogP contribution in [0.1, 0.15) is 22.4 Å². The van der Waals surface area contributed by atoms with Crippen LogP contribution in [0.15, 0.2) is 24.4 Å². The molecular formula is C14H15F2N. The van der Waals surface area contributed by atoms with E-state index in [1.54, 1.807) is 0 Å². The van der Waals surface area contributed by atoms with Crippen LogP contribution in [-0.2, 0) is 6.54 Å². The van der Waals surface area contributed by atoms with Crippen LogP contribution in [0.3, 0.4) is 0 Å². The van der Waals surface area contributed by atoms with Gasteiger partial charge in [-0.05, 0) is 38.0 Å². The van der Waals surface area contributed by atoms with Crippen molar-refractivity contribution in [3.8, 4) is 0 Å². The molecule has 1 nitrogen and oxygen atoms in total. The summed E-state index contributed by atoms with van der Waals surface area (Å²) in [6.45, 7) is 6.51. The van der Waals surface area contributed by atoms with Gasteiger partial charge in [-0.1, -0.05) is 6.07 Å². The number of hydrogen-bond donors (Lipinski definition) is 0. The first-order valence-electron chi connectivity index (χ1n) is 5.56. The molecule has 0 bridgehead atoms. The smallest absolute Gasteiger partial charge is 0.131 e. The van der Waals surface area contributed by atoms with Gasteiger partial charge in [0.2, 0.25) is 0 Å². The Morgan fingerprint density at radius 2 is 1.82 bits per heavy atom. The van der Waals surface area contributed by atoms with Gasteiger partial charge in [0, 0.05) is 23.5 Å². The Morgan fingerprint density at radius 1 is 1.12 bits per heavy atom. The van der Waals surface area contributed by atoms with E-state index in [0.717, 1.165) is 11.8 Å². The minimum Gasteiger partial charge on any atom is -0.347 e. The molecule has 2 rings (SSSR count). The largest absolute Gasteiger partial charge is 0.347 e. The van der Waals surface area contributed by atoms with Crippen molar-refractivity contribution in [1.29, 1.82) is 0 Å². The highest BCUT2D eigenvalue weighted by Crippen LogP contribution is 2.18. The van der Waals surface area contributed by atoms with E-state index in [1.165, 1.54) is 23.3 Å². The minimum absolute atomic E-state index is 0.437. The van der Waals surface area contributed by atoms with E-state index in [9.17, 15) is 8.78 Å². The molecule has 1 heterocycles. The van der Waals surface area contributed by atoms with Gasteiger partial charge < -0.3 is 4.57 Å². The Morgan fingerprint density at radius 3 is 2.35 bits per heavy atom. The third-order valence-corrected chi connectivity index (χ3v) is 3.27. The summed E-state index contributed by atoms with van der Waals surface area (Å²) in [6, 6.07) is 3.71. The Bertz CT molecular complexity index is 556. The zero-order valence-corrected chi connectivity index (χ0v) is 10.2. The molecule has 17 heavy (non-hydrogen) atoms. The maximum Gasteiger partial charge on any atom is 0.131 e. The third-order valence-electron chi connectivity index (χ3n) is 3.27. The number of benzene rings is 1. The summed E-state index contributed by atoms with van der Waals surface area (Å²) < 4.78 is 28.3. The van der Waals surface area contributed by atoms with Crippen molar-refractivity contribution in [1.82, 2.24) is 4.57 Å². The zero-order valence-electron chi connectivity index (χ0n) is 10.2. The van der Waals surface area contributed by atoms with Gasteiger partial charge in [0.1, 0.15) is 11.6 Å². The van der Waals surface area contributed by atoms with Crippen molar-refractivity contribution < 1.29 is 8.78 Å². The lowest BCUT2D eigenvalue weighted by atomic mass is 10.2. The summed E-state index contributed by atoms with van der Waals surface area (Å²) >= 11 is 0. The monoisotopic (exact) mass is 235 g/mol. The summed E-state index contributed by atoms with van der Waals surface area (Å²) in [6.07, 6.45) is 1.99. The molecule has 0 aliphatic heterocycles. The summed E-state index contributed by atoms with van der Waals surface area (Å²) in [5.41, 5.74) is 4.02. The Balaban J connectivity index is 2.34. The van der Waals surface area contributed by atoms with Crippen LogP contribution in [0, 0.1) is 32.4 Å². The lowest BCUT2D eigenvalue weighted by Gasteiger charge is -2.08. The van der Waals surface area contributed by atoms with E-state index in [0.29, 0.717) is 12.1 Å². The quantitative estimate of drug-likeness (QED) is 0.747. The first kappa shape index (κ1) is 11.8. The molecule has 0 amide bonds. The fourth-order valence-corrected chi connectivity index (χ4v) is 1.93. The van der Waals surface area contributed by atoms with E-state index >= 15 is 0 Å². The van der Waals surface area contributed by atoms with E-state index in [2.05, 4.69) is 0 Å². The third kappa shape index (κ3) is 2.23. The molecule has 0 fully saturated rings. The zero-order chi connectivity index (χ0) is 12.6. The molecule has 3 heteroatoms. The summed E-state index contributed by atoms with van der Waals surface area (Å²) in [5.74, 6) is -1.03. The lowest BCUT2D eigenvalue weighted by molar-refractivity contribution is 0.565. The molecule has 0 spiro atoms. The fraction of sp³-hybridized carbons (Fsp3) is 0.286. The van der Waals surface area contributed by atoms with Gasteiger partial charge in [0.15, 0.2) is 0 Å². The average Bonchev–Trinajstić information content (AvgIpc) is 2.50. The first-order chi connectivity index (χ1) is 7.99. The minimum atomic E-state index is -0.539. The highest BCUT2D eigenvalue weighted by atomic mass is 19.1. The van der Waals surface area contributed by atoms with Crippen LogP contribution in [-0.4, -0.2) is 4.57 Å². The van der Waals surface area contributed by atoms with Gasteiger partial charge in [0.25, 0.3) is 0 Å². The molecule has 2 aromatic rings. The van der Waals surface area contributed by atoms with E-state index in [-0.39, 0.29) is 0 Å². The van der Waals surface area contributed by atoms with Crippen molar-refractivity contribution in [2.45, 2.75) is 27.3 Å². The second kappa shape index (κ2) is 4.32. The lowest BCUT2D eigenvalue weighted by Crippen LogP contribution is -2.03. The maximum absolute atomic E-state index is 13.5. The molecule has 0 N–H and O–H groups in total. The maximum atomic E-state index is 13.5. The molecule has 0 saturated heterocycles. The van der Waals surface area contributed by atoms with E-state index in [4.69, 9.17) is 0 Å². The highest BCUT2D eigenvalue weighted by Gasteiger charge is 2.08. The predicted molar refractivity (Wildman–Crippen MR) is 64.1 cm³/mol. The summed E-state index contributed by atoms with van der Waals surface area (Å²) in [4.78, 5) is 0. The van der Waals surface area contributed by atoms with Crippen molar-refractivity contribution in [3.05, 3.63) is 58.4 Å². The average molecular weight is 235 g/mol. The molecule has 0 radical (unpaired) electrons. The van der Waals surface area contributed by atoms with Crippen LogP contribution >= 0.6 is 0 Å². The fourth-order valence-electron chi connectivity index (χ4n) is 1.93. The van der Waals surface area contributed by atoms with Gasteiger partial charge in [0.05, 0.1) is 6.54 Å². The number of nitrogens with zero attached hydrogens (tertiary/aromatic N) is 1. The van der Waals surface area contributed by atoms with Gasteiger partial charge in [-0.3, -0.25) is 0 Å². The topological polar surface area (TPSA) is 4.93 Å². The second-order valence-electron chi connectivity index (χ2n) is 4.39. The van der Waals surface area contributed by atoms with Crippen LogP contribution in [0.2, 0.25) is 0 Å². The molecular weight excluding hydrogens is 220 g/mol. The summed E-state index contributed by atoms with van der Waals surface area (Å²) in [5, 5.41) is 0. The molecule has 0 aliphatic carbocycles. The molecule has 1 aromatic heterocycles. The normalized spacial score (nSPS) is 10.9. The number of hydrogen-bond acceptors (Lipinski definition) is 0. The van der Waals surface area contributed by atoms with Crippen molar-refractivity contribution >= 4 is 0 Å². The highest BCUT2D eigenvalue weighted by molar-refractivity contribution is 5.30. The van der Waals surface area contributed by atoms with Crippen LogP contribution in [0.4, 0.5) is 8.78 Å². The molecule has 90 valence electrons. The Kier molecular flexibility index (Phi) is 3.01. The first-order valence-corrected chi connectivity index (χ1v) is 5.56. The summed E-state index contributed by atoms with van der Waals surface area (Å²) in [7, 11) is 0. The molecule has 0 atom stereocenters. The Labute approximate surface area is 99.7 Å². The van der Waals surface area contributed by atoms with Gasteiger partial charge >= 0.3 is 0 Å². The van der Waals surface area contributed by atoms with Crippen molar-refractivity contribution in [2.75, 3.05) is 0 Å². The van der Waals surface area contributed by atoms with Crippen LogP contribution < -0.4 is 0 Å². The number of halogens is 2. The Hall–Kier alpha value is -1.64. The van der Waals surface area contributed by atoms with Crippen LogP contribution in [0.5, 0.6) is 0 Å². The van der Waals surface area contributed by atoms with Crippen molar-refractivity contribution in [3.63, 3.8) is 0 Å². The molecule has 0 unspecified atom stereocenters. The number of rotatable bonds is 2. The second-order valence-corrected chi connectivity index (χ2v) is 4.39. The standard InChI is InChI=1S/C14H15F2N/c1-9-7-17(11(3)10(9)2)8-12-4-5-13(15)6-14(12)16/h4-7H,8H2,1-3H3. The number of aromatic nitrogens is 1. The van der Waals surface area contributed by atoms with Crippen molar-refractivity contribution in [2.24, 2.45) is 0 Å². The molecule has 0 aliphatic rings. The predicted octanol–water partition coefficient (Wildman–Crippen LogP) is 3.74. The van der Waals surface area contributed by atoms with Crippen LogP contribution in [0.25, 0.3) is 0 Å². The molecule has 0 saturated carbocycles. The van der Waals surface area contributed by atoms with E-state index in [1.807, 2.05) is 31.5 Å². The number of aryl methyl sites for hydroxylation is 1. The van der Waals surface area contributed by atoms with Gasteiger partial charge in [-0.2, -0.15) is 0 Å². The molecule has 1 aromatic carbocycles. The van der Waals surface area contributed by atoms with E-state index < -0.39 is 11.6 Å². The SMILES string of the molecule is Cc1cn(Cc2ccc(F)cc2F)c(C)c1C. The van der Waals surface area contributed by atoms with Gasteiger partial charge in [-0.15, -0.1) is 0 Å².